The van der Waals surface area contributed by atoms with Crippen LogP contribution in [0.25, 0.3) is 11.1 Å². The molecule has 0 unspecified atom stereocenters. The molecule has 0 radical (unpaired) electrons. The number of nitrogens with zero attached hydrogens (tertiary/aromatic N) is 2. The van der Waals surface area contributed by atoms with E-state index in [1.165, 1.54) is 12.1 Å². The van der Waals surface area contributed by atoms with Crippen LogP contribution in [0.3, 0.4) is 0 Å². The zero-order chi connectivity index (χ0) is 22.1. The standard InChI is InChI=1S/C25H33FN4O/c1-4-5-10-28-25(29-13-16-30-14-11-27-12-15-30)23-17-21(18-24(31-3)19(23)2)20-6-8-22(26)9-7-20/h5-10,17-18,27H,4,11-16H2,1-3H3,(H,28,29)/b10-5+. The fraction of sp³-hybridized carbons (Fsp3) is 0.400. The quantitative estimate of drug-likeness (QED) is 0.497. The molecule has 3 rings (SSSR count). The lowest BCUT2D eigenvalue weighted by molar-refractivity contribution is 0.247. The zero-order valence-electron chi connectivity index (χ0n) is 18.7. The van der Waals surface area contributed by atoms with E-state index in [0.29, 0.717) is 6.54 Å². The molecule has 2 N–H and O–H groups in total. The van der Waals surface area contributed by atoms with Gasteiger partial charge in [-0.25, -0.2) is 4.39 Å². The molecule has 5 nitrogen and oxygen atoms in total. The van der Waals surface area contributed by atoms with E-state index in [4.69, 9.17) is 9.73 Å². The molecule has 0 spiro atoms. The monoisotopic (exact) mass is 424 g/mol. The Morgan fingerprint density at radius 2 is 1.94 bits per heavy atom. The molecule has 0 aromatic heterocycles. The first-order valence-corrected chi connectivity index (χ1v) is 11.0. The van der Waals surface area contributed by atoms with Gasteiger partial charge in [-0.05, 0) is 54.9 Å². The van der Waals surface area contributed by atoms with Gasteiger partial charge in [0.1, 0.15) is 17.4 Å². The van der Waals surface area contributed by atoms with E-state index in [-0.39, 0.29) is 5.82 Å². The molecule has 0 aliphatic carbocycles. The number of halogens is 1. The lowest BCUT2D eigenvalue weighted by Crippen LogP contribution is -2.44. The SMILES string of the molecule is CC/C=C/NC(=NCCN1CCNCC1)c1cc(-c2ccc(F)cc2)cc(OC)c1C. The molecule has 1 aliphatic rings. The third-order valence-electron chi connectivity index (χ3n) is 5.48. The summed E-state index contributed by atoms with van der Waals surface area (Å²) in [5.41, 5.74) is 3.91. The van der Waals surface area contributed by atoms with E-state index >= 15 is 0 Å². The van der Waals surface area contributed by atoms with Gasteiger partial charge >= 0.3 is 0 Å². The highest BCUT2D eigenvalue weighted by Gasteiger charge is 2.14. The van der Waals surface area contributed by atoms with Crippen molar-refractivity contribution in [1.82, 2.24) is 15.5 Å². The number of hydrogen-bond acceptors (Lipinski definition) is 4. The van der Waals surface area contributed by atoms with Crippen molar-refractivity contribution in [2.24, 2.45) is 4.99 Å². The van der Waals surface area contributed by atoms with Crippen molar-refractivity contribution in [1.29, 1.82) is 0 Å². The smallest absolute Gasteiger partial charge is 0.132 e. The molecule has 1 heterocycles. The average molecular weight is 425 g/mol. The number of benzene rings is 2. The van der Waals surface area contributed by atoms with Crippen molar-refractivity contribution >= 4 is 5.84 Å². The minimum atomic E-state index is -0.246. The number of amidine groups is 1. The second-order valence-electron chi connectivity index (χ2n) is 7.63. The maximum Gasteiger partial charge on any atom is 0.132 e. The molecule has 0 atom stereocenters. The maximum atomic E-state index is 13.4. The molecule has 31 heavy (non-hydrogen) atoms. The van der Waals surface area contributed by atoms with Gasteiger partial charge in [0, 0.05) is 43.9 Å². The normalized spacial score (nSPS) is 15.4. The summed E-state index contributed by atoms with van der Waals surface area (Å²) >= 11 is 0. The lowest BCUT2D eigenvalue weighted by Gasteiger charge is -2.26. The van der Waals surface area contributed by atoms with Gasteiger partial charge < -0.3 is 15.4 Å². The van der Waals surface area contributed by atoms with Gasteiger partial charge in [0.2, 0.25) is 0 Å². The van der Waals surface area contributed by atoms with Gasteiger partial charge in [-0.15, -0.1) is 0 Å². The third kappa shape index (κ3) is 6.39. The Bertz CT molecular complexity index is 902. The Balaban J connectivity index is 1.93. The van der Waals surface area contributed by atoms with E-state index in [2.05, 4.69) is 34.6 Å². The Kier molecular flexibility index (Phi) is 8.62. The Labute approximate surface area is 185 Å². The number of methoxy groups -OCH3 is 1. The largest absolute Gasteiger partial charge is 0.496 e. The van der Waals surface area contributed by atoms with Crippen LogP contribution in [0.15, 0.2) is 53.7 Å². The van der Waals surface area contributed by atoms with Crippen LogP contribution in [0.5, 0.6) is 5.75 Å². The molecule has 166 valence electrons. The minimum absolute atomic E-state index is 0.246. The predicted octanol–water partition coefficient (Wildman–Crippen LogP) is 3.97. The Morgan fingerprint density at radius 1 is 1.19 bits per heavy atom. The summed E-state index contributed by atoms with van der Waals surface area (Å²) < 4.78 is 19.1. The van der Waals surface area contributed by atoms with Gasteiger partial charge in [0.15, 0.2) is 0 Å². The van der Waals surface area contributed by atoms with E-state index in [1.54, 1.807) is 19.2 Å². The highest BCUT2D eigenvalue weighted by Crippen LogP contribution is 2.30. The molecular weight excluding hydrogens is 391 g/mol. The van der Waals surface area contributed by atoms with Crippen LogP contribution in [-0.4, -0.2) is 57.1 Å². The molecule has 6 heteroatoms. The topological polar surface area (TPSA) is 48.9 Å². The zero-order valence-corrected chi connectivity index (χ0v) is 18.7. The van der Waals surface area contributed by atoms with Gasteiger partial charge in [-0.1, -0.05) is 25.1 Å². The van der Waals surface area contributed by atoms with E-state index in [9.17, 15) is 4.39 Å². The molecule has 0 saturated carbocycles. The van der Waals surface area contributed by atoms with Crippen molar-refractivity contribution in [2.75, 3.05) is 46.4 Å². The molecule has 0 amide bonds. The first kappa shape index (κ1) is 23.0. The van der Waals surface area contributed by atoms with E-state index in [1.807, 2.05) is 19.2 Å². The number of nitrogens with one attached hydrogen (secondary N) is 2. The third-order valence-corrected chi connectivity index (χ3v) is 5.48. The van der Waals surface area contributed by atoms with Crippen LogP contribution in [0.2, 0.25) is 0 Å². The fourth-order valence-corrected chi connectivity index (χ4v) is 3.66. The first-order valence-electron chi connectivity index (χ1n) is 11.0. The number of piperazine rings is 1. The van der Waals surface area contributed by atoms with Crippen LogP contribution in [-0.2, 0) is 0 Å². The number of allylic oxidation sites excluding steroid dienone is 1. The van der Waals surface area contributed by atoms with Crippen molar-refractivity contribution < 1.29 is 9.13 Å². The molecule has 1 fully saturated rings. The molecule has 2 aromatic carbocycles. The molecular formula is C25H33FN4O. The summed E-state index contributed by atoms with van der Waals surface area (Å²) in [6.07, 6.45) is 4.96. The Morgan fingerprint density at radius 3 is 2.61 bits per heavy atom. The number of aliphatic imine (C=N–C) groups is 1. The van der Waals surface area contributed by atoms with Crippen LogP contribution in [0.4, 0.5) is 4.39 Å². The molecule has 0 bridgehead atoms. The first-order chi connectivity index (χ1) is 15.1. The van der Waals surface area contributed by atoms with Crippen molar-refractivity contribution in [3.05, 3.63) is 65.6 Å². The summed E-state index contributed by atoms with van der Waals surface area (Å²) in [7, 11) is 1.67. The summed E-state index contributed by atoms with van der Waals surface area (Å²) in [4.78, 5) is 7.35. The van der Waals surface area contributed by atoms with Crippen molar-refractivity contribution in [3.8, 4) is 16.9 Å². The number of ether oxygens (including phenoxy) is 1. The van der Waals surface area contributed by atoms with Gasteiger partial charge in [-0.2, -0.15) is 0 Å². The van der Waals surface area contributed by atoms with Gasteiger partial charge in [0.25, 0.3) is 0 Å². The van der Waals surface area contributed by atoms with Crippen LogP contribution >= 0.6 is 0 Å². The average Bonchev–Trinajstić information content (AvgIpc) is 2.80. The highest BCUT2D eigenvalue weighted by molar-refractivity contribution is 6.02. The predicted molar refractivity (Wildman–Crippen MR) is 126 cm³/mol. The second-order valence-corrected chi connectivity index (χ2v) is 7.63. The van der Waals surface area contributed by atoms with Gasteiger partial charge in [-0.3, -0.25) is 9.89 Å². The lowest BCUT2D eigenvalue weighted by atomic mass is 9.98. The van der Waals surface area contributed by atoms with Crippen molar-refractivity contribution in [2.45, 2.75) is 20.3 Å². The molecule has 1 saturated heterocycles. The molecule has 1 aliphatic heterocycles. The van der Waals surface area contributed by atoms with Crippen LogP contribution in [0.1, 0.15) is 24.5 Å². The van der Waals surface area contributed by atoms with Crippen LogP contribution in [0, 0.1) is 12.7 Å². The van der Waals surface area contributed by atoms with Crippen LogP contribution < -0.4 is 15.4 Å². The van der Waals surface area contributed by atoms with E-state index < -0.39 is 0 Å². The highest BCUT2D eigenvalue weighted by atomic mass is 19.1. The van der Waals surface area contributed by atoms with Gasteiger partial charge in [0.05, 0.1) is 13.7 Å². The summed E-state index contributed by atoms with van der Waals surface area (Å²) in [5.74, 6) is 1.36. The summed E-state index contributed by atoms with van der Waals surface area (Å²) in [6, 6.07) is 10.6. The summed E-state index contributed by atoms with van der Waals surface area (Å²) in [5, 5.41) is 6.76. The molecule has 2 aromatic rings. The minimum Gasteiger partial charge on any atom is -0.496 e. The maximum absolute atomic E-state index is 13.4. The van der Waals surface area contributed by atoms with Crippen molar-refractivity contribution in [3.63, 3.8) is 0 Å². The Hall–Kier alpha value is -2.70. The number of rotatable bonds is 8. The second kappa shape index (κ2) is 11.6. The summed E-state index contributed by atoms with van der Waals surface area (Å²) in [6.45, 7) is 9.96. The number of hydrogen-bond donors (Lipinski definition) is 2. The fourth-order valence-electron chi connectivity index (χ4n) is 3.66. The van der Waals surface area contributed by atoms with E-state index in [0.717, 1.165) is 73.0 Å².